The number of aromatic nitrogens is 2. The summed E-state index contributed by atoms with van der Waals surface area (Å²) in [4.78, 5) is 47.3. The zero-order chi connectivity index (χ0) is 25.5. The number of nitrogens with one attached hydrogen (secondary N) is 2. The summed E-state index contributed by atoms with van der Waals surface area (Å²) >= 11 is 6.33. The number of nitrogens with zero attached hydrogens (tertiary/aromatic N) is 2. The maximum atomic E-state index is 14.1. The molecular formula is C27H20Br2N4O3. The maximum Gasteiger partial charge on any atom is 0.235 e. The number of alkyl halides is 2. The van der Waals surface area contributed by atoms with Crippen LogP contribution in [0.5, 0.6) is 0 Å². The lowest BCUT2D eigenvalue weighted by molar-refractivity contribution is -0.114. The number of carbonyl (C=O) groups excluding carboxylic acids is 3. The van der Waals surface area contributed by atoms with Crippen molar-refractivity contribution in [3.63, 3.8) is 0 Å². The Bertz CT molecular complexity index is 1310. The fraction of sp³-hybridized carbons (Fsp3) is 0.0741. The smallest absolute Gasteiger partial charge is 0.235 e. The van der Waals surface area contributed by atoms with Crippen LogP contribution in [0.1, 0.15) is 16.2 Å². The van der Waals surface area contributed by atoms with Crippen molar-refractivity contribution in [3.05, 3.63) is 96.6 Å². The first kappa shape index (κ1) is 25.4. The van der Waals surface area contributed by atoms with Gasteiger partial charge in [-0.2, -0.15) is 0 Å². The number of ketones is 1. The van der Waals surface area contributed by atoms with Gasteiger partial charge in [-0.05, 0) is 23.3 Å². The highest BCUT2D eigenvalue weighted by atomic mass is 79.9. The second kappa shape index (κ2) is 11.8. The molecule has 4 aromatic rings. The normalized spacial score (nSPS) is 10.5. The Kier molecular flexibility index (Phi) is 8.35. The van der Waals surface area contributed by atoms with Gasteiger partial charge in [0.2, 0.25) is 17.6 Å². The first-order valence-electron chi connectivity index (χ1n) is 10.9. The molecule has 4 rings (SSSR count). The Balaban J connectivity index is 1.93. The zero-order valence-corrected chi connectivity index (χ0v) is 22.0. The second-order valence-corrected chi connectivity index (χ2v) is 8.71. The number of pyridine rings is 2. The third-order valence-electron chi connectivity index (χ3n) is 5.25. The van der Waals surface area contributed by atoms with Crippen LogP contribution in [0.15, 0.2) is 85.2 Å². The molecule has 0 fully saturated rings. The SMILES string of the molecule is O=C(CBr)Nc1ccnc(C(=O)c2nccc(NC(=O)CBr)c2-c2ccccc2)c1-c1ccccc1. The third kappa shape index (κ3) is 5.58. The second-order valence-electron chi connectivity index (χ2n) is 7.59. The van der Waals surface area contributed by atoms with Gasteiger partial charge in [-0.1, -0.05) is 92.5 Å². The van der Waals surface area contributed by atoms with E-state index in [-0.39, 0.29) is 33.9 Å². The van der Waals surface area contributed by atoms with Crippen LogP contribution in [0.25, 0.3) is 22.3 Å². The summed E-state index contributed by atoms with van der Waals surface area (Å²) in [6.45, 7) is 0. The highest BCUT2D eigenvalue weighted by molar-refractivity contribution is 9.09. The third-order valence-corrected chi connectivity index (χ3v) is 6.27. The Morgan fingerprint density at radius 1 is 0.611 bits per heavy atom. The quantitative estimate of drug-likeness (QED) is 0.197. The van der Waals surface area contributed by atoms with E-state index in [1.54, 1.807) is 12.1 Å². The summed E-state index contributed by atoms with van der Waals surface area (Å²) in [6, 6.07) is 21.8. The Hall–Kier alpha value is -3.69. The Labute approximate surface area is 224 Å². The van der Waals surface area contributed by atoms with Crippen molar-refractivity contribution >= 4 is 60.8 Å². The minimum absolute atomic E-state index is 0.0991. The molecule has 0 spiro atoms. The van der Waals surface area contributed by atoms with E-state index in [1.807, 2.05) is 60.7 Å². The molecule has 0 bridgehead atoms. The number of rotatable bonds is 8. The van der Waals surface area contributed by atoms with E-state index in [2.05, 4.69) is 52.5 Å². The molecule has 2 amide bonds. The van der Waals surface area contributed by atoms with Gasteiger partial charge in [-0.25, -0.2) is 0 Å². The highest BCUT2D eigenvalue weighted by Crippen LogP contribution is 2.36. The van der Waals surface area contributed by atoms with Gasteiger partial charge in [0.05, 0.1) is 22.0 Å². The fourth-order valence-corrected chi connectivity index (χ4v) is 4.03. The molecule has 0 saturated heterocycles. The largest absolute Gasteiger partial charge is 0.325 e. The van der Waals surface area contributed by atoms with Crippen molar-refractivity contribution in [2.45, 2.75) is 0 Å². The highest BCUT2D eigenvalue weighted by Gasteiger charge is 2.26. The topological polar surface area (TPSA) is 101 Å². The molecule has 180 valence electrons. The van der Waals surface area contributed by atoms with E-state index < -0.39 is 5.78 Å². The van der Waals surface area contributed by atoms with Gasteiger partial charge in [-0.15, -0.1) is 0 Å². The minimum atomic E-state index is -0.447. The first-order chi connectivity index (χ1) is 17.5. The van der Waals surface area contributed by atoms with Crippen LogP contribution >= 0.6 is 31.9 Å². The average Bonchev–Trinajstić information content (AvgIpc) is 2.93. The lowest BCUT2D eigenvalue weighted by Gasteiger charge is -2.17. The van der Waals surface area contributed by atoms with Gasteiger partial charge in [0.25, 0.3) is 0 Å². The van der Waals surface area contributed by atoms with Crippen LogP contribution in [-0.2, 0) is 9.59 Å². The summed E-state index contributed by atoms with van der Waals surface area (Å²) in [5.74, 6) is -0.976. The molecule has 2 N–H and O–H groups in total. The fourth-order valence-electron chi connectivity index (χ4n) is 3.75. The van der Waals surface area contributed by atoms with E-state index in [1.165, 1.54) is 12.4 Å². The molecule has 2 aromatic carbocycles. The van der Waals surface area contributed by atoms with E-state index in [4.69, 9.17) is 0 Å². The summed E-state index contributed by atoms with van der Waals surface area (Å²) in [7, 11) is 0. The molecular weight excluding hydrogens is 588 g/mol. The summed E-state index contributed by atoms with van der Waals surface area (Å²) < 4.78 is 0. The molecule has 2 heterocycles. The average molecular weight is 608 g/mol. The van der Waals surface area contributed by atoms with Gasteiger partial charge >= 0.3 is 0 Å². The summed E-state index contributed by atoms with van der Waals surface area (Å²) in [5.41, 5.74) is 3.54. The maximum absolute atomic E-state index is 14.1. The molecule has 0 aliphatic rings. The van der Waals surface area contributed by atoms with Crippen LogP contribution in [0.2, 0.25) is 0 Å². The molecule has 0 atom stereocenters. The summed E-state index contributed by atoms with van der Waals surface area (Å²) in [5, 5.41) is 5.87. The number of hydrogen-bond acceptors (Lipinski definition) is 5. The van der Waals surface area contributed by atoms with Crippen molar-refractivity contribution in [1.82, 2.24) is 9.97 Å². The lowest BCUT2D eigenvalue weighted by atomic mass is 9.94. The number of carbonyl (C=O) groups is 3. The van der Waals surface area contributed by atoms with Gasteiger partial charge in [0, 0.05) is 23.5 Å². The molecule has 0 aliphatic carbocycles. The molecule has 2 aromatic heterocycles. The molecule has 0 unspecified atom stereocenters. The van der Waals surface area contributed by atoms with Crippen LogP contribution < -0.4 is 10.6 Å². The van der Waals surface area contributed by atoms with Gasteiger partial charge in [0.15, 0.2) is 0 Å². The molecule has 36 heavy (non-hydrogen) atoms. The number of hydrogen-bond donors (Lipinski definition) is 2. The van der Waals surface area contributed by atoms with E-state index in [0.29, 0.717) is 33.6 Å². The van der Waals surface area contributed by atoms with E-state index >= 15 is 0 Å². The van der Waals surface area contributed by atoms with E-state index in [9.17, 15) is 14.4 Å². The molecule has 0 saturated carbocycles. The Morgan fingerprint density at radius 3 is 1.36 bits per heavy atom. The standard InChI is InChI=1S/C27H20Br2N4O3/c28-15-21(34)32-19-11-13-30-25(23(19)17-7-3-1-4-8-17)27(36)26-24(18-9-5-2-6-10-18)20(12-14-31-26)33-22(35)16-29/h1-14H,15-16H2,(H,30,32,34)(H,31,33,35). The number of halogens is 2. The van der Waals surface area contributed by atoms with Crippen molar-refractivity contribution in [1.29, 1.82) is 0 Å². The predicted molar refractivity (Wildman–Crippen MR) is 148 cm³/mol. The van der Waals surface area contributed by atoms with Crippen LogP contribution in [0, 0.1) is 0 Å². The molecule has 0 radical (unpaired) electrons. The van der Waals surface area contributed by atoms with Crippen molar-refractivity contribution < 1.29 is 14.4 Å². The van der Waals surface area contributed by atoms with Crippen molar-refractivity contribution in [3.8, 4) is 22.3 Å². The van der Waals surface area contributed by atoms with E-state index in [0.717, 1.165) is 0 Å². The number of anilines is 2. The zero-order valence-electron chi connectivity index (χ0n) is 18.9. The molecule has 7 nitrogen and oxygen atoms in total. The Morgan fingerprint density at radius 2 is 1.00 bits per heavy atom. The van der Waals surface area contributed by atoms with Crippen LogP contribution in [0.4, 0.5) is 11.4 Å². The van der Waals surface area contributed by atoms with Gasteiger partial charge < -0.3 is 10.6 Å². The van der Waals surface area contributed by atoms with Gasteiger partial charge in [0.1, 0.15) is 11.4 Å². The summed E-state index contributed by atoms with van der Waals surface area (Å²) in [6.07, 6.45) is 2.95. The van der Waals surface area contributed by atoms with Crippen molar-refractivity contribution in [2.24, 2.45) is 0 Å². The number of benzene rings is 2. The lowest BCUT2D eigenvalue weighted by Crippen LogP contribution is -2.18. The predicted octanol–water partition coefficient (Wildman–Crippen LogP) is 5.71. The molecule has 0 aliphatic heterocycles. The molecule has 9 heteroatoms. The van der Waals surface area contributed by atoms with Crippen LogP contribution in [-0.4, -0.2) is 38.2 Å². The van der Waals surface area contributed by atoms with Gasteiger partial charge in [-0.3, -0.25) is 24.4 Å². The minimum Gasteiger partial charge on any atom is -0.325 e. The number of amides is 2. The van der Waals surface area contributed by atoms with Crippen LogP contribution in [0.3, 0.4) is 0 Å². The van der Waals surface area contributed by atoms with Crippen molar-refractivity contribution in [2.75, 3.05) is 21.3 Å². The monoisotopic (exact) mass is 606 g/mol. The first-order valence-corrected chi connectivity index (χ1v) is 13.1.